The Bertz CT molecular complexity index is 1080. The van der Waals surface area contributed by atoms with Gasteiger partial charge in [-0.1, -0.05) is 57.2 Å². The molecule has 1 fully saturated rings. The number of urea groups is 1. The summed E-state index contributed by atoms with van der Waals surface area (Å²) in [4.78, 5) is 26.7. The van der Waals surface area contributed by atoms with Crippen LogP contribution in [0, 0.1) is 19.3 Å². The number of carbonyl (C=O) groups excluding carboxylic acids is 1. The number of aromatic carboxylic acids is 1. The smallest absolute Gasteiger partial charge is 0.336 e. The maximum absolute atomic E-state index is 13.1. The molecule has 208 valence electrons. The van der Waals surface area contributed by atoms with Gasteiger partial charge in [-0.25, -0.2) is 9.59 Å². The molecule has 0 aliphatic heterocycles. The summed E-state index contributed by atoms with van der Waals surface area (Å²) in [5.41, 5.74) is 3.75. The van der Waals surface area contributed by atoms with Crippen molar-refractivity contribution < 1.29 is 24.2 Å². The second-order valence-corrected chi connectivity index (χ2v) is 11.5. The SMILES string of the molecule is Cc1ccccc1NC(=O)N(CCO[C@@H]1CCC[C@H](OCc2cccc(C)c2C(=O)O)C1)CCC(C)(C)C. The number of carboxylic acid groups (broad SMARTS) is 1. The fourth-order valence-electron chi connectivity index (χ4n) is 4.79. The lowest BCUT2D eigenvalue weighted by Crippen LogP contribution is -2.40. The zero-order valence-corrected chi connectivity index (χ0v) is 23.6. The third-order valence-corrected chi connectivity index (χ3v) is 7.15. The van der Waals surface area contributed by atoms with Gasteiger partial charge >= 0.3 is 12.0 Å². The molecule has 0 bridgehead atoms. The number of amides is 2. The van der Waals surface area contributed by atoms with Crippen LogP contribution in [0.15, 0.2) is 42.5 Å². The van der Waals surface area contributed by atoms with E-state index in [1.54, 1.807) is 0 Å². The van der Waals surface area contributed by atoms with E-state index in [-0.39, 0.29) is 30.3 Å². The van der Waals surface area contributed by atoms with Crippen molar-refractivity contribution in [2.75, 3.05) is 25.0 Å². The summed E-state index contributed by atoms with van der Waals surface area (Å²) in [5, 5.41) is 12.6. The summed E-state index contributed by atoms with van der Waals surface area (Å²) in [6.07, 6.45) is 4.64. The molecule has 2 N–H and O–H groups in total. The number of benzene rings is 2. The van der Waals surface area contributed by atoms with Gasteiger partial charge in [-0.3, -0.25) is 0 Å². The van der Waals surface area contributed by atoms with Gasteiger partial charge in [0.05, 0.1) is 31.0 Å². The first kappa shape index (κ1) is 29.7. The van der Waals surface area contributed by atoms with E-state index in [1.165, 1.54) is 0 Å². The Morgan fingerprint density at radius 3 is 2.34 bits per heavy atom. The van der Waals surface area contributed by atoms with Crippen molar-refractivity contribution in [3.05, 3.63) is 64.7 Å². The van der Waals surface area contributed by atoms with Gasteiger partial charge in [0.25, 0.3) is 0 Å². The van der Waals surface area contributed by atoms with Crippen LogP contribution < -0.4 is 5.32 Å². The summed E-state index contributed by atoms with van der Waals surface area (Å²) in [5.74, 6) is -0.922. The first-order valence-electron chi connectivity index (χ1n) is 13.7. The molecule has 1 aliphatic rings. The van der Waals surface area contributed by atoms with Crippen molar-refractivity contribution in [3.63, 3.8) is 0 Å². The quantitative estimate of drug-likeness (QED) is 0.337. The van der Waals surface area contributed by atoms with Crippen molar-refractivity contribution in [3.8, 4) is 0 Å². The van der Waals surface area contributed by atoms with Gasteiger partial charge in [-0.15, -0.1) is 0 Å². The summed E-state index contributed by atoms with van der Waals surface area (Å²) in [6.45, 7) is 12.2. The number of anilines is 1. The second kappa shape index (κ2) is 13.8. The van der Waals surface area contributed by atoms with Gasteiger partial charge in [-0.2, -0.15) is 0 Å². The van der Waals surface area contributed by atoms with Gasteiger partial charge in [0.2, 0.25) is 0 Å². The number of ether oxygens (including phenoxy) is 2. The fourth-order valence-corrected chi connectivity index (χ4v) is 4.79. The van der Waals surface area contributed by atoms with Crippen molar-refractivity contribution in [1.29, 1.82) is 0 Å². The number of carbonyl (C=O) groups is 2. The third-order valence-electron chi connectivity index (χ3n) is 7.15. The Kier molecular flexibility index (Phi) is 10.7. The number of hydrogen-bond acceptors (Lipinski definition) is 4. The van der Waals surface area contributed by atoms with Gasteiger partial charge in [-0.05, 0) is 74.1 Å². The first-order valence-corrected chi connectivity index (χ1v) is 13.7. The Labute approximate surface area is 227 Å². The van der Waals surface area contributed by atoms with Crippen LogP contribution in [-0.4, -0.2) is 53.9 Å². The highest BCUT2D eigenvalue weighted by Crippen LogP contribution is 2.26. The lowest BCUT2D eigenvalue weighted by molar-refractivity contribution is -0.0524. The van der Waals surface area contributed by atoms with Gasteiger partial charge < -0.3 is 24.8 Å². The number of rotatable bonds is 11. The summed E-state index contributed by atoms with van der Waals surface area (Å²) in [7, 11) is 0. The number of carboxylic acids is 1. The molecule has 0 unspecified atom stereocenters. The van der Waals surface area contributed by atoms with Crippen LogP contribution >= 0.6 is 0 Å². The highest BCUT2D eigenvalue weighted by atomic mass is 16.5. The standard InChI is InChI=1S/C31H44N2O5/c1-22-10-6-7-15-27(22)32-30(36)33(17-16-31(3,4)5)18-19-37-25-13-9-14-26(20-25)38-21-24-12-8-11-23(2)28(24)29(34)35/h6-8,10-12,15,25-26H,9,13-14,16-21H2,1-5H3,(H,32,36)(H,34,35)/t25-,26+/m1/s1. The van der Waals surface area contributed by atoms with Crippen molar-refractivity contribution in [2.24, 2.45) is 5.41 Å². The molecule has 1 saturated carbocycles. The number of hydrogen-bond donors (Lipinski definition) is 2. The molecule has 7 nitrogen and oxygen atoms in total. The maximum atomic E-state index is 13.1. The van der Waals surface area contributed by atoms with E-state index in [1.807, 2.05) is 61.2 Å². The molecule has 1 aliphatic carbocycles. The van der Waals surface area contributed by atoms with Crippen LogP contribution in [0.25, 0.3) is 0 Å². The Balaban J connectivity index is 1.52. The first-order chi connectivity index (χ1) is 18.0. The summed E-state index contributed by atoms with van der Waals surface area (Å²) >= 11 is 0. The molecule has 2 amide bonds. The van der Waals surface area contributed by atoms with Crippen LogP contribution in [0.2, 0.25) is 0 Å². The average Bonchev–Trinajstić information content (AvgIpc) is 2.85. The minimum Gasteiger partial charge on any atom is -0.478 e. The number of para-hydroxylation sites is 1. The molecule has 0 radical (unpaired) electrons. The van der Waals surface area contributed by atoms with Gasteiger partial charge in [0.1, 0.15) is 0 Å². The molecule has 38 heavy (non-hydrogen) atoms. The lowest BCUT2D eigenvalue weighted by Gasteiger charge is -2.31. The van der Waals surface area contributed by atoms with Crippen LogP contribution in [0.3, 0.4) is 0 Å². The van der Waals surface area contributed by atoms with E-state index in [0.717, 1.165) is 48.9 Å². The minimum atomic E-state index is -0.922. The van der Waals surface area contributed by atoms with Gasteiger partial charge in [0, 0.05) is 18.8 Å². The van der Waals surface area contributed by atoms with E-state index >= 15 is 0 Å². The second-order valence-electron chi connectivity index (χ2n) is 11.5. The molecule has 0 heterocycles. The summed E-state index contributed by atoms with van der Waals surface area (Å²) < 4.78 is 12.4. The normalized spacial score (nSPS) is 17.7. The lowest BCUT2D eigenvalue weighted by atomic mass is 9.92. The monoisotopic (exact) mass is 524 g/mol. The van der Waals surface area contributed by atoms with Crippen molar-refractivity contribution in [2.45, 2.75) is 85.5 Å². The van der Waals surface area contributed by atoms with E-state index in [9.17, 15) is 14.7 Å². The van der Waals surface area contributed by atoms with Crippen LogP contribution in [0.4, 0.5) is 10.5 Å². The molecule has 3 rings (SSSR count). The van der Waals surface area contributed by atoms with Crippen LogP contribution in [-0.2, 0) is 16.1 Å². The van der Waals surface area contributed by atoms with Crippen LogP contribution in [0.1, 0.15) is 79.9 Å². The predicted molar refractivity (Wildman–Crippen MR) is 151 cm³/mol. The largest absolute Gasteiger partial charge is 0.478 e. The maximum Gasteiger partial charge on any atom is 0.336 e. The Morgan fingerprint density at radius 1 is 0.974 bits per heavy atom. The highest BCUT2D eigenvalue weighted by Gasteiger charge is 2.25. The van der Waals surface area contributed by atoms with E-state index in [2.05, 4.69) is 26.1 Å². The molecule has 2 aromatic rings. The molecule has 0 spiro atoms. The fraction of sp³-hybridized carbons (Fsp3) is 0.548. The van der Waals surface area contributed by atoms with E-state index < -0.39 is 5.97 Å². The highest BCUT2D eigenvalue weighted by molar-refractivity contribution is 5.91. The number of nitrogens with zero attached hydrogens (tertiary/aromatic N) is 1. The van der Waals surface area contributed by atoms with E-state index in [4.69, 9.17) is 9.47 Å². The number of nitrogens with one attached hydrogen (secondary N) is 1. The molecule has 0 saturated heterocycles. The molecular formula is C31H44N2O5. The topological polar surface area (TPSA) is 88.1 Å². The van der Waals surface area contributed by atoms with Gasteiger partial charge in [0.15, 0.2) is 0 Å². The van der Waals surface area contributed by atoms with Crippen LogP contribution in [0.5, 0.6) is 0 Å². The molecule has 2 aromatic carbocycles. The zero-order chi connectivity index (χ0) is 27.7. The zero-order valence-electron chi connectivity index (χ0n) is 23.6. The molecule has 2 atom stereocenters. The van der Waals surface area contributed by atoms with Crippen molar-refractivity contribution in [1.82, 2.24) is 4.90 Å². The Morgan fingerprint density at radius 2 is 1.66 bits per heavy atom. The molecule has 0 aromatic heterocycles. The Hall–Kier alpha value is -2.90. The minimum absolute atomic E-state index is 0.0252. The van der Waals surface area contributed by atoms with Crippen molar-refractivity contribution >= 4 is 17.7 Å². The van der Waals surface area contributed by atoms with E-state index in [0.29, 0.717) is 30.8 Å². The molecule has 7 heteroatoms. The average molecular weight is 525 g/mol. The summed E-state index contributed by atoms with van der Waals surface area (Å²) in [6, 6.07) is 13.2. The predicted octanol–water partition coefficient (Wildman–Crippen LogP) is 6.82. The number of aryl methyl sites for hydroxylation is 2. The third kappa shape index (κ3) is 9.14. The molecular weight excluding hydrogens is 480 g/mol.